The third kappa shape index (κ3) is 6.69. The summed E-state index contributed by atoms with van der Waals surface area (Å²) in [4.78, 5) is 26.7. The average Bonchev–Trinajstić information content (AvgIpc) is 2.77. The molecule has 1 aliphatic heterocycles. The van der Waals surface area contributed by atoms with Gasteiger partial charge < -0.3 is 29.7 Å². The van der Waals surface area contributed by atoms with Crippen LogP contribution in [0, 0.1) is 0 Å². The summed E-state index contributed by atoms with van der Waals surface area (Å²) in [5.41, 5.74) is 3.09. The number of methoxy groups -OCH3 is 2. The highest BCUT2D eigenvalue weighted by Gasteiger charge is 2.27. The van der Waals surface area contributed by atoms with Crippen molar-refractivity contribution >= 4 is 17.5 Å². The van der Waals surface area contributed by atoms with Gasteiger partial charge in [-0.3, -0.25) is 9.59 Å². The van der Waals surface area contributed by atoms with Gasteiger partial charge in [0.2, 0.25) is 5.91 Å². The standard InChI is InChI=1S/C25H33N3O5/c1-16-14-28(15-17(2)33-16)25(30)21-8-20(9-22(11-21)27-18(3)29)13-26-12-19-6-7-23(31-4)24(10-19)32-5/h6-11,16-17,26H,12-15H2,1-5H3,(H,27,29)/t16-,17+. The van der Waals surface area contributed by atoms with E-state index in [-0.39, 0.29) is 24.0 Å². The van der Waals surface area contributed by atoms with E-state index in [1.807, 2.05) is 49.1 Å². The highest BCUT2D eigenvalue weighted by atomic mass is 16.5. The van der Waals surface area contributed by atoms with Gasteiger partial charge in [0, 0.05) is 44.4 Å². The Kier molecular flexibility index (Phi) is 8.30. The van der Waals surface area contributed by atoms with Gasteiger partial charge in [-0.25, -0.2) is 0 Å². The predicted molar refractivity (Wildman–Crippen MR) is 127 cm³/mol. The molecule has 0 bridgehead atoms. The van der Waals surface area contributed by atoms with E-state index >= 15 is 0 Å². The van der Waals surface area contributed by atoms with Gasteiger partial charge in [-0.1, -0.05) is 6.07 Å². The first-order valence-electron chi connectivity index (χ1n) is 11.1. The molecule has 0 saturated carbocycles. The quantitative estimate of drug-likeness (QED) is 0.636. The first kappa shape index (κ1) is 24.5. The molecule has 1 heterocycles. The van der Waals surface area contributed by atoms with E-state index < -0.39 is 0 Å². The van der Waals surface area contributed by atoms with Crippen LogP contribution in [-0.4, -0.2) is 56.2 Å². The lowest BCUT2D eigenvalue weighted by Gasteiger charge is -2.35. The number of anilines is 1. The fourth-order valence-corrected chi connectivity index (χ4v) is 4.06. The predicted octanol–water partition coefficient (Wildman–Crippen LogP) is 3.20. The van der Waals surface area contributed by atoms with Crippen LogP contribution < -0.4 is 20.1 Å². The third-order valence-corrected chi connectivity index (χ3v) is 5.37. The van der Waals surface area contributed by atoms with Crippen LogP contribution in [0.3, 0.4) is 0 Å². The summed E-state index contributed by atoms with van der Waals surface area (Å²) in [5, 5.41) is 6.20. The van der Waals surface area contributed by atoms with Gasteiger partial charge in [0.05, 0.1) is 26.4 Å². The zero-order valence-electron chi connectivity index (χ0n) is 19.9. The van der Waals surface area contributed by atoms with Crippen molar-refractivity contribution in [1.82, 2.24) is 10.2 Å². The normalized spacial score (nSPS) is 18.0. The highest BCUT2D eigenvalue weighted by Crippen LogP contribution is 2.27. The molecule has 2 N–H and O–H groups in total. The summed E-state index contributed by atoms with van der Waals surface area (Å²) in [6.07, 6.45) is -0.0299. The molecule has 3 rings (SSSR count). The minimum absolute atomic E-state index is 0.0150. The Morgan fingerprint density at radius 3 is 2.27 bits per heavy atom. The van der Waals surface area contributed by atoms with Gasteiger partial charge in [-0.2, -0.15) is 0 Å². The molecule has 2 atom stereocenters. The van der Waals surface area contributed by atoms with Crippen LogP contribution in [0.5, 0.6) is 11.5 Å². The second-order valence-corrected chi connectivity index (χ2v) is 8.36. The number of rotatable bonds is 8. The maximum atomic E-state index is 13.2. The zero-order chi connectivity index (χ0) is 24.0. The summed E-state index contributed by atoms with van der Waals surface area (Å²) in [7, 11) is 3.21. The Balaban J connectivity index is 1.74. The SMILES string of the molecule is COc1ccc(CNCc2cc(NC(C)=O)cc(C(=O)N3C[C@@H](C)O[C@@H](C)C3)c2)cc1OC. The number of benzene rings is 2. The van der Waals surface area contributed by atoms with Crippen molar-refractivity contribution in [1.29, 1.82) is 0 Å². The molecule has 178 valence electrons. The summed E-state index contributed by atoms with van der Waals surface area (Å²) in [6.45, 7) is 7.60. The Bertz CT molecular complexity index is 984. The van der Waals surface area contributed by atoms with Gasteiger partial charge >= 0.3 is 0 Å². The molecule has 0 radical (unpaired) electrons. The lowest BCUT2D eigenvalue weighted by Crippen LogP contribution is -2.48. The molecule has 0 aliphatic carbocycles. The third-order valence-electron chi connectivity index (χ3n) is 5.37. The van der Waals surface area contributed by atoms with Gasteiger partial charge in [0.25, 0.3) is 5.91 Å². The van der Waals surface area contributed by atoms with Crippen LogP contribution in [0.2, 0.25) is 0 Å². The zero-order valence-corrected chi connectivity index (χ0v) is 19.9. The summed E-state index contributed by atoms with van der Waals surface area (Å²) < 4.78 is 16.4. The number of carbonyl (C=O) groups is 2. The minimum Gasteiger partial charge on any atom is -0.493 e. The van der Waals surface area contributed by atoms with Gasteiger partial charge in [-0.15, -0.1) is 0 Å². The van der Waals surface area contributed by atoms with Crippen LogP contribution in [0.1, 0.15) is 42.3 Å². The number of nitrogens with zero attached hydrogens (tertiary/aromatic N) is 1. The molecule has 1 aliphatic rings. The molecule has 2 aromatic rings. The van der Waals surface area contributed by atoms with Crippen molar-refractivity contribution in [2.24, 2.45) is 0 Å². The van der Waals surface area contributed by atoms with Gasteiger partial charge in [0.15, 0.2) is 11.5 Å². The Labute approximate surface area is 195 Å². The molecule has 0 unspecified atom stereocenters. The largest absolute Gasteiger partial charge is 0.493 e. The smallest absolute Gasteiger partial charge is 0.254 e. The fourth-order valence-electron chi connectivity index (χ4n) is 4.06. The highest BCUT2D eigenvalue weighted by molar-refractivity contribution is 5.97. The van der Waals surface area contributed by atoms with Crippen molar-refractivity contribution in [3.63, 3.8) is 0 Å². The number of hydrogen-bond acceptors (Lipinski definition) is 6. The summed E-state index contributed by atoms with van der Waals surface area (Å²) in [5.74, 6) is 1.10. The molecular formula is C25H33N3O5. The van der Waals surface area contributed by atoms with Crippen LogP contribution in [0.15, 0.2) is 36.4 Å². The van der Waals surface area contributed by atoms with Gasteiger partial charge in [-0.05, 0) is 55.3 Å². The number of hydrogen-bond donors (Lipinski definition) is 2. The summed E-state index contributed by atoms with van der Waals surface area (Å²) >= 11 is 0. The molecule has 8 nitrogen and oxygen atoms in total. The van der Waals surface area contributed by atoms with E-state index in [2.05, 4.69) is 10.6 Å². The van der Waals surface area contributed by atoms with Crippen molar-refractivity contribution in [2.45, 2.75) is 46.1 Å². The number of morpholine rings is 1. The van der Waals surface area contributed by atoms with Crippen LogP contribution in [-0.2, 0) is 22.6 Å². The maximum absolute atomic E-state index is 13.2. The lowest BCUT2D eigenvalue weighted by molar-refractivity contribution is -0.114. The first-order chi connectivity index (χ1) is 15.8. The lowest BCUT2D eigenvalue weighted by atomic mass is 10.1. The number of carbonyl (C=O) groups excluding carboxylic acids is 2. The second kappa shape index (κ2) is 11.2. The van der Waals surface area contributed by atoms with E-state index in [0.29, 0.717) is 48.9 Å². The van der Waals surface area contributed by atoms with Crippen molar-refractivity contribution in [2.75, 3.05) is 32.6 Å². The van der Waals surface area contributed by atoms with Crippen molar-refractivity contribution < 1.29 is 23.8 Å². The Morgan fingerprint density at radius 1 is 0.970 bits per heavy atom. The Morgan fingerprint density at radius 2 is 1.64 bits per heavy atom. The van der Waals surface area contributed by atoms with E-state index in [1.54, 1.807) is 20.3 Å². The average molecular weight is 456 g/mol. The number of ether oxygens (including phenoxy) is 3. The van der Waals surface area contributed by atoms with E-state index in [1.165, 1.54) is 6.92 Å². The monoisotopic (exact) mass is 455 g/mol. The second-order valence-electron chi connectivity index (χ2n) is 8.36. The minimum atomic E-state index is -0.183. The number of nitrogens with one attached hydrogen (secondary N) is 2. The molecule has 1 fully saturated rings. The molecule has 0 aromatic heterocycles. The molecule has 0 spiro atoms. The van der Waals surface area contributed by atoms with E-state index in [4.69, 9.17) is 14.2 Å². The van der Waals surface area contributed by atoms with Crippen LogP contribution >= 0.6 is 0 Å². The van der Waals surface area contributed by atoms with E-state index in [9.17, 15) is 9.59 Å². The molecule has 8 heteroatoms. The first-order valence-corrected chi connectivity index (χ1v) is 11.1. The fraction of sp³-hybridized carbons (Fsp3) is 0.440. The topological polar surface area (TPSA) is 89.1 Å². The van der Waals surface area contributed by atoms with E-state index in [0.717, 1.165) is 11.1 Å². The molecule has 2 aromatic carbocycles. The van der Waals surface area contributed by atoms with Gasteiger partial charge in [0.1, 0.15) is 0 Å². The molecule has 1 saturated heterocycles. The molecule has 2 amide bonds. The van der Waals surface area contributed by atoms with Crippen molar-refractivity contribution in [3.05, 3.63) is 53.1 Å². The molecule has 33 heavy (non-hydrogen) atoms. The molecular weight excluding hydrogens is 422 g/mol. The number of amides is 2. The van der Waals surface area contributed by atoms with Crippen LogP contribution in [0.25, 0.3) is 0 Å². The van der Waals surface area contributed by atoms with Crippen molar-refractivity contribution in [3.8, 4) is 11.5 Å². The maximum Gasteiger partial charge on any atom is 0.254 e. The summed E-state index contributed by atoms with van der Waals surface area (Å²) in [6, 6.07) is 11.2. The Hall–Kier alpha value is -3.10. The van der Waals surface area contributed by atoms with Crippen LogP contribution in [0.4, 0.5) is 5.69 Å².